The van der Waals surface area contributed by atoms with E-state index in [9.17, 15) is 4.79 Å². The average Bonchev–Trinajstić information content (AvgIpc) is 2.39. The van der Waals surface area contributed by atoms with Gasteiger partial charge in [-0.25, -0.2) is 0 Å². The van der Waals surface area contributed by atoms with E-state index in [-0.39, 0.29) is 17.4 Å². The van der Waals surface area contributed by atoms with E-state index in [1.54, 1.807) is 0 Å². The van der Waals surface area contributed by atoms with E-state index in [2.05, 4.69) is 37.9 Å². The van der Waals surface area contributed by atoms with Gasteiger partial charge < -0.3 is 16.0 Å². The number of nitrogens with zero attached hydrogens (tertiary/aromatic N) is 1. The van der Waals surface area contributed by atoms with Crippen molar-refractivity contribution < 1.29 is 4.79 Å². The van der Waals surface area contributed by atoms with Crippen LogP contribution in [0.5, 0.6) is 0 Å². The minimum Gasteiger partial charge on any atom is -0.353 e. The first-order chi connectivity index (χ1) is 9.47. The van der Waals surface area contributed by atoms with E-state index in [1.807, 2.05) is 0 Å². The molecule has 1 saturated carbocycles. The summed E-state index contributed by atoms with van der Waals surface area (Å²) in [5, 5.41) is 3.17. The monoisotopic (exact) mass is 283 g/mol. The van der Waals surface area contributed by atoms with Crippen molar-refractivity contribution in [3.63, 3.8) is 0 Å². The Morgan fingerprint density at radius 2 is 2.00 bits per heavy atom. The van der Waals surface area contributed by atoms with Crippen molar-refractivity contribution >= 4 is 5.91 Å². The van der Waals surface area contributed by atoms with Crippen molar-refractivity contribution in [1.29, 1.82) is 0 Å². The molecule has 1 unspecified atom stereocenters. The van der Waals surface area contributed by atoms with Crippen molar-refractivity contribution in [3.05, 3.63) is 0 Å². The molecular formula is C16H33N3O. The number of amides is 1. The van der Waals surface area contributed by atoms with Gasteiger partial charge in [-0.15, -0.1) is 0 Å². The summed E-state index contributed by atoms with van der Waals surface area (Å²) < 4.78 is 0. The molecule has 0 heterocycles. The standard InChI is InChI=1S/C16H33N3O/c1-5-19(6-2)9-7-8-14(4)18-15(20)16(12-17)10-13(3)11-16/h13-14H,5-12,17H2,1-4H3,(H,18,20). The van der Waals surface area contributed by atoms with Crippen molar-refractivity contribution in [2.24, 2.45) is 17.1 Å². The van der Waals surface area contributed by atoms with E-state index >= 15 is 0 Å². The molecule has 0 spiro atoms. The maximum atomic E-state index is 12.3. The van der Waals surface area contributed by atoms with Gasteiger partial charge in [0.05, 0.1) is 5.41 Å². The Morgan fingerprint density at radius 1 is 1.40 bits per heavy atom. The van der Waals surface area contributed by atoms with Crippen molar-refractivity contribution in [2.45, 2.75) is 59.4 Å². The van der Waals surface area contributed by atoms with Crippen molar-refractivity contribution in [3.8, 4) is 0 Å². The largest absolute Gasteiger partial charge is 0.353 e. The maximum Gasteiger partial charge on any atom is 0.227 e. The zero-order valence-electron chi connectivity index (χ0n) is 13.7. The zero-order valence-corrected chi connectivity index (χ0v) is 13.7. The van der Waals surface area contributed by atoms with Gasteiger partial charge in [-0.1, -0.05) is 20.8 Å². The van der Waals surface area contributed by atoms with Gasteiger partial charge >= 0.3 is 0 Å². The summed E-state index contributed by atoms with van der Waals surface area (Å²) in [7, 11) is 0. The summed E-state index contributed by atoms with van der Waals surface area (Å²) in [5.41, 5.74) is 5.54. The summed E-state index contributed by atoms with van der Waals surface area (Å²) in [6.07, 6.45) is 4.07. The first kappa shape index (κ1) is 17.4. The predicted molar refractivity (Wildman–Crippen MR) is 84.5 cm³/mol. The van der Waals surface area contributed by atoms with Gasteiger partial charge in [0, 0.05) is 12.6 Å². The average molecular weight is 283 g/mol. The Bertz CT molecular complexity index is 296. The summed E-state index contributed by atoms with van der Waals surface area (Å²) >= 11 is 0. The number of nitrogens with one attached hydrogen (secondary N) is 1. The molecule has 1 atom stereocenters. The highest BCUT2D eigenvalue weighted by Crippen LogP contribution is 2.44. The summed E-state index contributed by atoms with van der Waals surface area (Å²) in [5.74, 6) is 0.815. The molecule has 0 saturated heterocycles. The van der Waals surface area contributed by atoms with Crippen LogP contribution in [0.1, 0.15) is 53.4 Å². The van der Waals surface area contributed by atoms with Crippen LogP contribution in [0.3, 0.4) is 0 Å². The lowest BCUT2D eigenvalue weighted by Gasteiger charge is -2.44. The number of hydrogen-bond donors (Lipinski definition) is 2. The van der Waals surface area contributed by atoms with Gasteiger partial charge in [0.25, 0.3) is 0 Å². The normalized spacial score (nSPS) is 27.2. The fourth-order valence-electron chi connectivity index (χ4n) is 3.33. The summed E-state index contributed by atoms with van der Waals surface area (Å²) in [6.45, 7) is 12.5. The molecule has 0 bridgehead atoms. The topological polar surface area (TPSA) is 58.4 Å². The molecule has 4 nitrogen and oxygen atoms in total. The molecule has 1 aliphatic carbocycles. The molecular weight excluding hydrogens is 250 g/mol. The third kappa shape index (κ3) is 4.45. The lowest BCUT2D eigenvalue weighted by Crippen LogP contribution is -2.55. The molecule has 0 radical (unpaired) electrons. The summed E-state index contributed by atoms with van der Waals surface area (Å²) in [6, 6.07) is 0.248. The molecule has 3 N–H and O–H groups in total. The number of hydrogen-bond acceptors (Lipinski definition) is 3. The minimum absolute atomic E-state index is 0.174. The fraction of sp³-hybridized carbons (Fsp3) is 0.938. The number of carbonyl (C=O) groups excluding carboxylic acids is 1. The Hall–Kier alpha value is -0.610. The smallest absolute Gasteiger partial charge is 0.227 e. The molecule has 1 fully saturated rings. The molecule has 118 valence electrons. The number of nitrogens with two attached hydrogens (primary N) is 1. The van der Waals surface area contributed by atoms with Crippen LogP contribution in [0, 0.1) is 11.3 Å². The zero-order chi connectivity index (χ0) is 15.2. The van der Waals surface area contributed by atoms with Gasteiger partial charge in [-0.3, -0.25) is 4.79 Å². The van der Waals surface area contributed by atoms with E-state index in [0.717, 1.165) is 45.3 Å². The van der Waals surface area contributed by atoms with Crippen LogP contribution in [0.25, 0.3) is 0 Å². The highest BCUT2D eigenvalue weighted by molar-refractivity contribution is 5.84. The second-order valence-electron chi connectivity index (χ2n) is 6.54. The number of carbonyl (C=O) groups is 1. The quantitative estimate of drug-likeness (QED) is 0.680. The third-order valence-electron chi connectivity index (χ3n) is 4.73. The van der Waals surface area contributed by atoms with Gasteiger partial charge in [0.2, 0.25) is 5.91 Å². The highest BCUT2D eigenvalue weighted by Gasteiger charge is 2.47. The van der Waals surface area contributed by atoms with Crippen LogP contribution >= 0.6 is 0 Å². The van der Waals surface area contributed by atoms with E-state index < -0.39 is 0 Å². The molecule has 20 heavy (non-hydrogen) atoms. The SMILES string of the molecule is CCN(CC)CCCC(C)NC(=O)C1(CN)CC(C)C1. The van der Waals surface area contributed by atoms with Gasteiger partial charge in [-0.05, 0) is 58.2 Å². The Balaban J connectivity index is 2.28. The predicted octanol–water partition coefficient (Wildman–Crippen LogP) is 1.99. The summed E-state index contributed by atoms with van der Waals surface area (Å²) in [4.78, 5) is 14.8. The Morgan fingerprint density at radius 3 is 2.45 bits per heavy atom. The van der Waals surface area contributed by atoms with Crippen LogP contribution < -0.4 is 11.1 Å². The molecule has 0 aromatic carbocycles. The van der Waals surface area contributed by atoms with Crippen LogP contribution in [-0.4, -0.2) is 43.0 Å². The molecule has 1 aliphatic rings. The Kier molecular flexibility index (Phi) is 6.96. The fourth-order valence-corrected chi connectivity index (χ4v) is 3.33. The van der Waals surface area contributed by atoms with E-state index in [4.69, 9.17) is 5.73 Å². The second kappa shape index (κ2) is 7.99. The lowest BCUT2D eigenvalue weighted by molar-refractivity contribution is -0.138. The maximum absolute atomic E-state index is 12.3. The lowest BCUT2D eigenvalue weighted by atomic mass is 9.62. The van der Waals surface area contributed by atoms with Crippen LogP contribution in [0.2, 0.25) is 0 Å². The molecule has 1 rings (SSSR count). The molecule has 0 aromatic rings. The first-order valence-corrected chi connectivity index (χ1v) is 8.20. The minimum atomic E-state index is -0.271. The molecule has 0 aromatic heterocycles. The second-order valence-corrected chi connectivity index (χ2v) is 6.54. The van der Waals surface area contributed by atoms with Gasteiger partial charge in [0.15, 0.2) is 0 Å². The van der Waals surface area contributed by atoms with Crippen LogP contribution in [0.15, 0.2) is 0 Å². The molecule has 1 amide bonds. The van der Waals surface area contributed by atoms with E-state index in [1.165, 1.54) is 0 Å². The van der Waals surface area contributed by atoms with E-state index in [0.29, 0.717) is 12.5 Å². The van der Waals surface area contributed by atoms with Gasteiger partial charge in [0.1, 0.15) is 0 Å². The molecule has 0 aliphatic heterocycles. The van der Waals surface area contributed by atoms with Crippen molar-refractivity contribution in [2.75, 3.05) is 26.2 Å². The van der Waals surface area contributed by atoms with Crippen molar-refractivity contribution in [1.82, 2.24) is 10.2 Å². The molecule has 4 heteroatoms. The third-order valence-corrected chi connectivity index (χ3v) is 4.73. The number of rotatable bonds is 9. The highest BCUT2D eigenvalue weighted by atomic mass is 16.2. The van der Waals surface area contributed by atoms with Gasteiger partial charge in [-0.2, -0.15) is 0 Å². The first-order valence-electron chi connectivity index (χ1n) is 8.20. The van der Waals surface area contributed by atoms with Crippen LogP contribution in [-0.2, 0) is 4.79 Å². The Labute approximate surface area is 124 Å². The van der Waals surface area contributed by atoms with Crippen LogP contribution in [0.4, 0.5) is 0 Å².